The van der Waals surface area contributed by atoms with Crippen LogP contribution in [0.5, 0.6) is 0 Å². The van der Waals surface area contributed by atoms with Crippen LogP contribution in [-0.4, -0.2) is 59.8 Å². The summed E-state index contributed by atoms with van der Waals surface area (Å²) in [5.41, 5.74) is 5.84. The normalized spacial score (nSPS) is 10.7. The third-order valence-electron chi connectivity index (χ3n) is 6.08. The van der Waals surface area contributed by atoms with Crippen molar-refractivity contribution in [3.05, 3.63) is 76.7 Å². The summed E-state index contributed by atoms with van der Waals surface area (Å²) in [5.74, 6) is 1.79. The number of carbonyl (C=O) groups excluding carboxylic acids is 2. The van der Waals surface area contributed by atoms with Crippen LogP contribution in [0.25, 0.3) is 0 Å². The summed E-state index contributed by atoms with van der Waals surface area (Å²) >= 11 is 5.08. The molecule has 0 unspecified atom stereocenters. The van der Waals surface area contributed by atoms with Crippen LogP contribution in [0.15, 0.2) is 70.2 Å². The molecule has 14 heteroatoms. The van der Waals surface area contributed by atoms with Crippen LogP contribution >= 0.6 is 27.9 Å². The molecule has 0 bridgehead atoms. The van der Waals surface area contributed by atoms with E-state index in [4.69, 9.17) is 14.6 Å². The first-order valence-electron chi connectivity index (χ1n) is 16.7. The number of rotatable bonds is 14. The van der Waals surface area contributed by atoms with Gasteiger partial charge in [0, 0.05) is 53.8 Å². The van der Waals surface area contributed by atoms with Crippen molar-refractivity contribution in [3.8, 4) is 0 Å². The molecule has 284 valence electrons. The minimum atomic E-state index is -0.402. The largest absolute Gasteiger partial charge is 0.457 e. The van der Waals surface area contributed by atoms with Gasteiger partial charge < -0.3 is 31.5 Å². The quantitative estimate of drug-likeness (QED) is 0.0308. The number of hydrogen-bond acceptors (Lipinski definition) is 11. The molecule has 3 rings (SSSR count). The maximum absolute atomic E-state index is 13.8. The Morgan fingerprint density at radius 3 is 2.24 bits per heavy atom. The van der Waals surface area contributed by atoms with Gasteiger partial charge in [0.25, 0.3) is 0 Å². The zero-order valence-corrected chi connectivity index (χ0v) is 33.8. The molecule has 0 fully saturated rings. The average Bonchev–Trinajstić information content (AvgIpc) is 3.04. The molecule has 51 heavy (non-hydrogen) atoms. The number of likely N-dealkylation sites (N-methyl/N-ethyl adjacent to an activating group) is 1. The molecule has 11 nitrogen and oxygen atoms in total. The minimum absolute atomic E-state index is 0.250. The van der Waals surface area contributed by atoms with Gasteiger partial charge in [0.2, 0.25) is 12.4 Å². The van der Waals surface area contributed by atoms with E-state index in [1.165, 1.54) is 12.1 Å². The fraction of sp³-hybridized carbons (Fsp3) is 0.459. The number of amides is 1. The lowest BCUT2D eigenvalue weighted by molar-refractivity contribution is -0.148. The third-order valence-corrected chi connectivity index (χ3v) is 7.51. The van der Waals surface area contributed by atoms with Gasteiger partial charge in [-0.3, -0.25) is 9.52 Å². The molecule has 0 saturated carbocycles. The summed E-state index contributed by atoms with van der Waals surface area (Å²) in [6, 6.07) is 13.0. The van der Waals surface area contributed by atoms with Crippen molar-refractivity contribution in [3.63, 3.8) is 0 Å². The Hall–Kier alpha value is -3.56. The van der Waals surface area contributed by atoms with E-state index in [1.807, 2.05) is 58.2 Å². The second-order valence-corrected chi connectivity index (χ2v) is 14.6. The predicted molar refractivity (Wildman–Crippen MR) is 213 cm³/mol. The van der Waals surface area contributed by atoms with Crippen LogP contribution in [0, 0.1) is 24.6 Å². The first kappa shape index (κ1) is 47.4. The van der Waals surface area contributed by atoms with Gasteiger partial charge in [-0.1, -0.05) is 39.8 Å². The number of aliphatic hydroxyl groups is 1. The summed E-state index contributed by atoms with van der Waals surface area (Å²) in [6.07, 6.45) is 7.16. The molecule has 0 spiro atoms. The second-order valence-electron chi connectivity index (χ2n) is 12.8. The molecule has 1 heterocycles. The van der Waals surface area contributed by atoms with E-state index in [1.54, 1.807) is 37.2 Å². The van der Waals surface area contributed by atoms with Crippen LogP contribution in [0.1, 0.15) is 66.9 Å². The number of aromatic nitrogens is 2. The lowest BCUT2D eigenvalue weighted by Crippen LogP contribution is -2.22. The van der Waals surface area contributed by atoms with Crippen LogP contribution < -0.4 is 26.4 Å². The number of ether oxygens (including phenoxy) is 1. The number of primary amides is 1. The Morgan fingerprint density at radius 1 is 1.08 bits per heavy atom. The maximum atomic E-state index is 13.8. The molecule has 2 aromatic carbocycles. The number of carbonyl (C=O) groups is 2. The van der Waals surface area contributed by atoms with E-state index < -0.39 is 5.60 Å². The molecule has 1 aromatic heterocycles. The van der Waals surface area contributed by atoms with Crippen molar-refractivity contribution in [1.29, 1.82) is 0 Å². The molecule has 0 atom stereocenters. The summed E-state index contributed by atoms with van der Waals surface area (Å²) in [6.45, 7) is 17.9. The van der Waals surface area contributed by atoms with Crippen molar-refractivity contribution >= 4 is 63.4 Å². The van der Waals surface area contributed by atoms with Gasteiger partial charge in [-0.25, -0.2) is 14.2 Å². The zero-order valence-electron chi connectivity index (χ0n) is 31.3. The predicted octanol–water partition coefficient (Wildman–Crippen LogP) is 8.05. The Balaban J connectivity index is 0.000000979. The highest BCUT2D eigenvalue weighted by atomic mass is 79.9. The highest BCUT2D eigenvalue weighted by Crippen LogP contribution is 2.28. The van der Waals surface area contributed by atoms with Crippen LogP contribution in [0.3, 0.4) is 0 Å². The number of aliphatic hydroxyl groups excluding tert-OH is 1. The van der Waals surface area contributed by atoms with Crippen molar-refractivity contribution in [2.75, 3.05) is 37.4 Å². The van der Waals surface area contributed by atoms with Crippen molar-refractivity contribution < 1.29 is 23.8 Å². The number of nitrogens with zero attached hydrogens (tertiary/aromatic N) is 2. The van der Waals surface area contributed by atoms with Gasteiger partial charge in [-0.05, 0) is 124 Å². The molecule has 3 aromatic rings. The molecule has 0 aliphatic rings. The van der Waals surface area contributed by atoms with Crippen molar-refractivity contribution in [1.82, 2.24) is 20.0 Å². The van der Waals surface area contributed by atoms with Gasteiger partial charge in [0.15, 0.2) is 0 Å². The number of esters is 1. The average molecular weight is 795 g/mol. The molecule has 0 aliphatic heterocycles. The second kappa shape index (κ2) is 27.1. The van der Waals surface area contributed by atoms with Crippen molar-refractivity contribution in [2.45, 2.75) is 78.7 Å². The Labute approximate surface area is 316 Å². The highest BCUT2D eigenvalue weighted by molar-refractivity contribution is 9.10. The van der Waals surface area contributed by atoms with Crippen LogP contribution in [-0.2, 0) is 14.3 Å². The molecule has 0 saturated heterocycles. The summed E-state index contributed by atoms with van der Waals surface area (Å²) in [4.78, 5) is 29.6. The number of anilines is 4. The highest BCUT2D eigenvalue weighted by Gasteiger charge is 2.13. The number of hydrogen-bond donors (Lipinski definition) is 6. The third kappa shape index (κ3) is 24.3. The lowest BCUT2D eigenvalue weighted by atomic mass is 10.1. The molecular weight excluding hydrogens is 737 g/mol. The van der Waals surface area contributed by atoms with E-state index in [0.29, 0.717) is 52.5 Å². The standard InChI is InChI=1S/C22H25BrFN5S.C9H17NO2.C5H12O.CH3NO/c1-14(2)11-12-26-30-17-9-7-16(8-10-17)27-22-25-13-18(23)21(29-22)28-20-6-4-5-19(24)15(20)3;1-9(2,3)12-8(11)6-5-7-10-4;1-5(2)3-4-6;2-1-3/h4-10,13-14,26H,11-12H2,1-3H3,(H2,25,27,28,29);5-6,10H,7H2,1-4H3;5-6H,3-4H2,1-2H3;1H,(H2,2,3)/b;6-5+;;. The summed E-state index contributed by atoms with van der Waals surface area (Å²) in [5, 5.41) is 17.5. The number of halogens is 2. The van der Waals surface area contributed by atoms with Crippen LogP contribution in [0.4, 0.5) is 27.5 Å². The van der Waals surface area contributed by atoms with E-state index in [0.717, 1.165) is 30.0 Å². The number of nitrogens with two attached hydrogens (primary N) is 1. The monoisotopic (exact) mass is 793 g/mol. The van der Waals surface area contributed by atoms with E-state index in [9.17, 15) is 9.18 Å². The van der Waals surface area contributed by atoms with Crippen molar-refractivity contribution in [2.24, 2.45) is 17.6 Å². The smallest absolute Gasteiger partial charge is 0.330 e. The van der Waals surface area contributed by atoms with Gasteiger partial charge >= 0.3 is 5.97 Å². The molecule has 1 amide bonds. The SMILES string of the molecule is CC(C)CCO.CNC/C=C/C(=O)OC(C)(C)C.Cc1c(F)cccc1Nc1nc(Nc2ccc(SNCCC(C)C)cc2)ncc1Br.NC=O. The van der Waals surface area contributed by atoms with Gasteiger partial charge in [-0.15, -0.1) is 0 Å². The number of nitrogens with one attached hydrogen (secondary N) is 4. The molecule has 7 N–H and O–H groups in total. The lowest BCUT2D eigenvalue weighted by Gasteiger charge is -2.17. The van der Waals surface area contributed by atoms with Gasteiger partial charge in [0.1, 0.15) is 17.2 Å². The number of benzene rings is 2. The fourth-order valence-corrected chi connectivity index (χ4v) is 4.42. The Morgan fingerprint density at radius 2 is 1.71 bits per heavy atom. The van der Waals surface area contributed by atoms with E-state index in [-0.39, 0.29) is 18.2 Å². The summed E-state index contributed by atoms with van der Waals surface area (Å²) in [7, 11) is 1.82. The van der Waals surface area contributed by atoms with E-state index >= 15 is 0 Å². The molecular formula is C37H57BrFN7O4S. The zero-order chi connectivity index (χ0) is 38.8. The maximum Gasteiger partial charge on any atom is 0.330 e. The molecule has 0 radical (unpaired) electrons. The topological polar surface area (TPSA) is 164 Å². The van der Waals surface area contributed by atoms with Gasteiger partial charge in [-0.2, -0.15) is 4.98 Å². The fourth-order valence-electron chi connectivity index (χ4n) is 3.47. The Bertz CT molecular complexity index is 1440. The van der Waals surface area contributed by atoms with E-state index in [2.05, 4.69) is 80.0 Å². The van der Waals surface area contributed by atoms with Gasteiger partial charge in [0.05, 0.1) is 4.47 Å². The first-order valence-corrected chi connectivity index (χ1v) is 18.3. The Kier molecular flexibility index (Phi) is 25.2. The molecule has 0 aliphatic carbocycles. The minimum Gasteiger partial charge on any atom is -0.457 e. The first-order chi connectivity index (χ1) is 24.1. The van der Waals surface area contributed by atoms with Crippen LogP contribution in [0.2, 0.25) is 0 Å². The summed E-state index contributed by atoms with van der Waals surface area (Å²) < 4.78 is 22.9.